The highest BCUT2D eigenvalue weighted by molar-refractivity contribution is 5.80. The molecule has 0 aromatic carbocycles. The van der Waals surface area contributed by atoms with E-state index in [9.17, 15) is 9.90 Å². The van der Waals surface area contributed by atoms with E-state index in [0.29, 0.717) is 18.0 Å². The summed E-state index contributed by atoms with van der Waals surface area (Å²) in [5, 5.41) is 11.8. The van der Waals surface area contributed by atoms with Crippen LogP contribution in [0, 0.1) is 6.92 Å². The van der Waals surface area contributed by atoms with Crippen LogP contribution in [-0.2, 0) is 11.4 Å². The zero-order valence-electron chi connectivity index (χ0n) is 10.6. The average molecular weight is 250 g/mol. The van der Waals surface area contributed by atoms with E-state index in [4.69, 9.17) is 4.74 Å². The van der Waals surface area contributed by atoms with E-state index in [2.05, 4.69) is 16.9 Å². The summed E-state index contributed by atoms with van der Waals surface area (Å²) in [4.78, 5) is 15.7. The highest BCUT2D eigenvalue weighted by Gasteiger charge is 2.15. The third-order valence-electron chi connectivity index (χ3n) is 2.32. The second-order valence-corrected chi connectivity index (χ2v) is 3.85. The van der Waals surface area contributed by atoms with Gasteiger partial charge in [-0.3, -0.25) is 9.78 Å². The minimum absolute atomic E-state index is 0.224. The lowest BCUT2D eigenvalue weighted by Crippen LogP contribution is -2.36. The van der Waals surface area contributed by atoms with Gasteiger partial charge in [0.2, 0.25) is 0 Å². The van der Waals surface area contributed by atoms with Crippen LogP contribution < -0.4 is 10.1 Å². The second-order valence-electron chi connectivity index (χ2n) is 3.85. The topological polar surface area (TPSA) is 71.5 Å². The molecule has 0 aliphatic rings. The molecule has 0 saturated heterocycles. The number of ether oxygens (including phenoxy) is 1. The highest BCUT2D eigenvalue weighted by Crippen LogP contribution is 2.18. The molecule has 1 rings (SSSR count). The molecule has 0 bridgehead atoms. The molecule has 2 N–H and O–H groups in total. The summed E-state index contributed by atoms with van der Waals surface area (Å²) in [5.41, 5.74) is 1.22. The fraction of sp³-hybridized carbons (Fsp3) is 0.385. The molecular weight excluding hydrogens is 232 g/mol. The number of aliphatic hydroxyl groups is 1. The predicted molar refractivity (Wildman–Crippen MR) is 68.2 cm³/mol. The number of carbonyl (C=O) groups is 1. The van der Waals surface area contributed by atoms with Gasteiger partial charge in [-0.1, -0.05) is 6.08 Å². The van der Waals surface area contributed by atoms with E-state index in [-0.39, 0.29) is 12.5 Å². The molecule has 98 valence electrons. The number of amides is 1. The van der Waals surface area contributed by atoms with Crippen LogP contribution in [0.4, 0.5) is 0 Å². The Kier molecular flexibility index (Phi) is 5.32. The number of hydrogen-bond acceptors (Lipinski definition) is 4. The Morgan fingerprint density at radius 2 is 2.39 bits per heavy atom. The van der Waals surface area contributed by atoms with Crippen LogP contribution in [0.15, 0.2) is 24.8 Å². The van der Waals surface area contributed by atoms with Crippen LogP contribution in [0.25, 0.3) is 0 Å². The lowest BCUT2D eigenvalue weighted by molar-refractivity contribution is -0.127. The number of rotatable bonds is 6. The molecule has 5 heteroatoms. The Morgan fingerprint density at radius 3 is 3.00 bits per heavy atom. The van der Waals surface area contributed by atoms with Crippen molar-refractivity contribution in [3.8, 4) is 5.75 Å². The quantitative estimate of drug-likeness (QED) is 0.737. The maximum Gasteiger partial charge on any atom is 0.261 e. The first-order valence-electron chi connectivity index (χ1n) is 5.71. The molecule has 5 nitrogen and oxygen atoms in total. The SMILES string of the molecule is C=CCNC(=O)C(C)Oc1ccc(C)nc1CO. The largest absolute Gasteiger partial charge is 0.479 e. The van der Waals surface area contributed by atoms with Crippen molar-refractivity contribution in [2.45, 2.75) is 26.6 Å². The van der Waals surface area contributed by atoms with Crippen molar-refractivity contribution in [3.63, 3.8) is 0 Å². The molecule has 0 fully saturated rings. The van der Waals surface area contributed by atoms with Crippen LogP contribution in [-0.4, -0.2) is 28.6 Å². The van der Waals surface area contributed by atoms with Gasteiger partial charge in [-0.15, -0.1) is 6.58 Å². The lowest BCUT2D eigenvalue weighted by Gasteiger charge is -2.16. The van der Waals surface area contributed by atoms with Gasteiger partial charge in [0.25, 0.3) is 5.91 Å². The van der Waals surface area contributed by atoms with Crippen LogP contribution in [0.3, 0.4) is 0 Å². The zero-order chi connectivity index (χ0) is 13.5. The number of nitrogens with zero attached hydrogens (tertiary/aromatic N) is 1. The molecule has 0 aliphatic heterocycles. The van der Waals surface area contributed by atoms with E-state index in [1.807, 2.05) is 6.92 Å². The summed E-state index contributed by atoms with van der Waals surface area (Å²) in [6, 6.07) is 3.47. The van der Waals surface area contributed by atoms with Gasteiger partial charge in [-0.25, -0.2) is 0 Å². The van der Waals surface area contributed by atoms with Crippen molar-refractivity contribution in [3.05, 3.63) is 36.2 Å². The molecule has 0 spiro atoms. The maximum atomic E-state index is 11.6. The summed E-state index contributed by atoms with van der Waals surface area (Å²) < 4.78 is 5.48. The predicted octanol–water partition coefficient (Wildman–Crippen LogP) is 0.952. The zero-order valence-corrected chi connectivity index (χ0v) is 10.6. The summed E-state index contributed by atoms with van der Waals surface area (Å²) in [6.07, 6.45) is 0.941. The van der Waals surface area contributed by atoms with Crippen LogP contribution >= 0.6 is 0 Å². The molecule has 0 radical (unpaired) electrons. The smallest absolute Gasteiger partial charge is 0.261 e. The normalized spacial score (nSPS) is 11.7. The summed E-state index contributed by atoms with van der Waals surface area (Å²) in [7, 11) is 0. The van der Waals surface area contributed by atoms with Gasteiger partial charge >= 0.3 is 0 Å². The van der Waals surface area contributed by atoms with Gasteiger partial charge in [0.15, 0.2) is 6.10 Å². The average Bonchev–Trinajstić information content (AvgIpc) is 2.37. The molecule has 1 heterocycles. The number of aliphatic hydroxyl groups excluding tert-OH is 1. The van der Waals surface area contributed by atoms with Crippen molar-refractivity contribution in [2.24, 2.45) is 0 Å². The first kappa shape index (κ1) is 14.2. The van der Waals surface area contributed by atoms with Crippen molar-refractivity contribution in [2.75, 3.05) is 6.54 Å². The fourth-order valence-corrected chi connectivity index (χ4v) is 1.38. The first-order chi connectivity index (χ1) is 8.58. The van der Waals surface area contributed by atoms with Crippen molar-refractivity contribution in [1.82, 2.24) is 10.3 Å². The van der Waals surface area contributed by atoms with Crippen LogP contribution in [0.5, 0.6) is 5.75 Å². The number of aryl methyl sites for hydroxylation is 1. The van der Waals surface area contributed by atoms with Crippen molar-refractivity contribution < 1.29 is 14.6 Å². The molecule has 1 aromatic rings. The highest BCUT2D eigenvalue weighted by atomic mass is 16.5. The third kappa shape index (κ3) is 3.85. The van der Waals surface area contributed by atoms with Crippen molar-refractivity contribution in [1.29, 1.82) is 0 Å². The molecule has 1 aromatic heterocycles. The van der Waals surface area contributed by atoms with Gasteiger partial charge < -0.3 is 15.2 Å². The Labute approximate surface area is 107 Å². The van der Waals surface area contributed by atoms with Gasteiger partial charge in [-0.05, 0) is 26.0 Å². The summed E-state index contributed by atoms with van der Waals surface area (Å²) >= 11 is 0. The summed E-state index contributed by atoms with van der Waals surface area (Å²) in [6.45, 7) is 7.15. The van der Waals surface area contributed by atoms with E-state index < -0.39 is 6.10 Å². The van der Waals surface area contributed by atoms with Crippen LogP contribution in [0.1, 0.15) is 18.3 Å². The molecule has 1 amide bonds. The Morgan fingerprint density at radius 1 is 1.67 bits per heavy atom. The second kappa shape index (κ2) is 6.76. The minimum atomic E-state index is -0.653. The fourth-order valence-electron chi connectivity index (χ4n) is 1.38. The number of nitrogens with one attached hydrogen (secondary N) is 1. The van der Waals surface area contributed by atoms with E-state index >= 15 is 0 Å². The standard InChI is InChI=1S/C13H18N2O3/c1-4-7-14-13(17)10(3)18-12-6-5-9(2)15-11(12)8-16/h4-6,10,16H,1,7-8H2,2-3H3,(H,14,17). The van der Waals surface area contributed by atoms with Gasteiger partial charge in [0.05, 0.1) is 6.61 Å². The van der Waals surface area contributed by atoms with E-state index in [1.54, 1.807) is 25.1 Å². The Bertz CT molecular complexity index is 432. The lowest BCUT2D eigenvalue weighted by atomic mass is 10.3. The molecule has 0 aliphatic carbocycles. The van der Waals surface area contributed by atoms with Crippen molar-refractivity contribution >= 4 is 5.91 Å². The van der Waals surface area contributed by atoms with E-state index in [0.717, 1.165) is 5.69 Å². The Balaban J connectivity index is 2.71. The molecule has 18 heavy (non-hydrogen) atoms. The maximum absolute atomic E-state index is 11.6. The third-order valence-corrected chi connectivity index (χ3v) is 2.32. The van der Waals surface area contributed by atoms with Gasteiger partial charge in [-0.2, -0.15) is 0 Å². The van der Waals surface area contributed by atoms with E-state index in [1.165, 1.54) is 0 Å². The molecule has 1 atom stereocenters. The minimum Gasteiger partial charge on any atom is -0.479 e. The van der Waals surface area contributed by atoms with Gasteiger partial charge in [0.1, 0.15) is 11.4 Å². The van der Waals surface area contributed by atoms with Crippen LogP contribution in [0.2, 0.25) is 0 Å². The first-order valence-corrected chi connectivity index (χ1v) is 5.71. The number of aromatic nitrogens is 1. The molecule has 1 unspecified atom stereocenters. The number of pyridine rings is 1. The van der Waals surface area contributed by atoms with Gasteiger partial charge in [0, 0.05) is 12.2 Å². The molecular formula is C13H18N2O3. The number of carbonyl (C=O) groups excluding carboxylic acids is 1. The monoisotopic (exact) mass is 250 g/mol. The summed E-state index contributed by atoms with van der Waals surface area (Å²) in [5.74, 6) is 0.184. The number of hydrogen-bond donors (Lipinski definition) is 2. The molecule has 0 saturated carbocycles. The Hall–Kier alpha value is -1.88.